The molecule has 0 N–H and O–H groups in total. The summed E-state index contributed by atoms with van der Waals surface area (Å²) in [5, 5.41) is 0. The first-order valence-electron chi connectivity index (χ1n) is 11.0. The molecule has 1 aliphatic carbocycles. The molecule has 168 valence electrons. The van der Waals surface area contributed by atoms with Crippen molar-refractivity contribution in [3.63, 3.8) is 0 Å². The van der Waals surface area contributed by atoms with Gasteiger partial charge in [0.2, 0.25) is 0 Å². The predicted molar refractivity (Wildman–Crippen MR) is 113 cm³/mol. The summed E-state index contributed by atoms with van der Waals surface area (Å²) in [5.41, 5.74) is -0.207. The number of aromatic nitrogens is 1. The fraction of sp³-hybridized carbons (Fsp3) is 0.739. The summed E-state index contributed by atoms with van der Waals surface area (Å²) in [6.45, 7) is 5.30. The van der Waals surface area contributed by atoms with E-state index in [1.807, 2.05) is 12.1 Å². The van der Waals surface area contributed by atoms with E-state index in [4.69, 9.17) is 18.9 Å². The van der Waals surface area contributed by atoms with Crippen LogP contribution in [0.3, 0.4) is 0 Å². The lowest BCUT2D eigenvalue weighted by molar-refractivity contribution is -0.235. The Morgan fingerprint density at radius 1 is 1.27 bits per heavy atom. The van der Waals surface area contributed by atoms with Gasteiger partial charge in [-0.05, 0) is 37.2 Å². The first kappa shape index (κ1) is 23.0. The van der Waals surface area contributed by atoms with Crippen molar-refractivity contribution in [2.24, 2.45) is 11.8 Å². The Morgan fingerprint density at radius 3 is 2.73 bits per heavy atom. The van der Waals surface area contributed by atoms with Crippen molar-refractivity contribution < 1.29 is 23.7 Å². The first-order valence-corrected chi connectivity index (χ1v) is 11.0. The van der Waals surface area contributed by atoms with Crippen LogP contribution in [0, 0.1) is 11.8 Å². The Balaban J connectivity index is 1.71. The summed E-state index contributed by atoms with van der Waals surface area (Å²) < 4.78 is 22.4. The monoisotopic (exact) mass is 420 g/mol. The van der Waals surface area contributed by atoms with Gasteiger partial charge in [0.1, 0.15) is 19.3 Å². The van der Waals surface area contributed by atoms with Crippen molar-refractivity contribution in [2.75, 3.05) is 34.4 Å². The predicted octanol–water partition coefficient (Wildman–Crippen LogP) is 3.41. The van der Waals surface area contributed by atoms with Crippen LogP contribution in [-0.2, 0) is 25.4 Å². The van der Waals surface area contributed by atoms with E-state index in [9.17, 15) is 4.79 Å². The molecule has 7 nitrogen and oxygen atoms in total. The number of nitrogens with zero attached hydrogens (tertiary/aromatic N) is 2. The van der Waals surface area contributed by atoms with E-state index < -0.39 is 5.60 Å². The third-order valence-corrected chi connectivity index (χ3v) is 5.89. The van der Waals surface area contributed by atoms with E-state index in [1.54, 1.807) is 25.3 Å². The highest BCUT2D eigenvalue weighted by molar-refractivity contribution is 5.93. The summed E-state index contributed by atoms with van der Waals surface area (Å²) in [6.07, 6.45) is 7.99. The third-order valence-electron chi connectivity index (χ3n) is 5.89. The van der Waals surface area contributed by atoms with Crippen LogP contribution in [-0.4, -0.2) is 61.8 Å². The van der Waals surface area contributed by atoms with E-state index in [1.165, 1.54) is 19.3 Å². The highest BCUT2D eigenvalue weighted by Gasteiger charge is 2.62. The largest absolute Gasteiger partial charge is 0.493 e. The van der Waals surface area contributed by atoms with Gasteiger partial charge in [-0.3, -0.25) is 9.78 Å². The van der Waals surface area contributed by atoms with Crippen LogP contribution in [0.5, 0.6) is 5.75 Å². The summed E-state index contributed by atoms with van der Waals surface area (Å²) in [4.78, 5) is 19.4. The molecule has 1 unspecified atom stereocenters. The Kier molecular flexibility index (Phi) is 8.08. The number of hydrogen-bond donors (Lipinski definition) is 0. The minimum atomic E-state index is -0.990. The maximum Gasteiger partial charge on any atom is 0.259 e. The van der Waals surface area contributed by atoms with Crippen LogP contribution in [0.4, 0.5) is 0 Å². The number of hydrogen-bond acceptors (Lipinski definition) is 6. The summed E-state index contributed by atoms with van der Waals surface area (Å²) in [6, 6.07) is 3.70. The minimum absolute atomic E-state index is 0.0541. The van der Waals surface area contributed by atoms with Crippen LogP contribution in [0.15, 0.2) is 18.3 Å². The average molecular weight is 421 g/mol. The van der Waals surface area contributed by atoms with Crippen LogP contribution in [0.25, 0.3) is 0 Å². The van der Waals surface area contributed by atoms with Crippen molar-refractivity contribution in [1.29, 1.82) is 0 Å². The number of β-lactam (4-membered cyclic amide) rings is 1. The normalized spacial score (nSPS) is 23.7. The number of amides is 1. The minimum Gasteiger partial charge on any atom is -0.493 e. The van der Waals surface area contributed by atoms with E-state index in [-0.39, 0.29) is 25.5 Å². The second-order valence-electron chi connectivity index (χ2n) is 8.87. The Bertz CT molecular complexity index is 694. The number of carbonyl (C=O) groups is 1. The smallest absolute Gasteiger partial charge is 0.259 e. The van der Waals surface area contributed by atoms with Gasteiger partial charge in [0.05, 0.1) is 12.6 Å². The topological polar surface area (TPSA) is 70.1 Å². The molecule has 30 heavy (non-hydrogen) atoms. The van der Waals surface area contributed by atoms with Gasteiger partial charge >= 0.3 is 0 Å². The molecule has 2 aliphatic rings. The molecule has 1 aromatic rings. The quantitative estimate of drug-likeness (QED) is 0.261. The van der Waals surface area contributed by atoms with Crippen LogP contribution in [0.1, 0.15) is 51.6 Å². The van der Waals surface area contributed by atoms with Gasteiger partial charge in [-0.25, -0.2) is 0 Å². The fourth-order valence-electron chi connectivity index (χ4n) is 4.21. The second-order valence-corrected chi connectivity index (χ2v) is 8.87. The maximum absolute atomic E-state index is 13.1. The Labute approximate surface area is 180 Å². The fourth-order valence-corrected chi connectivity index (χ4v) is 4.21. The third kappa shape index (κ3) is 5.50. The van der Waals surface area contributed by atoms with E-state index in [2.05, 4.69) is 18.8 Å². The standard InChI is InChI=1S/C23H36N2O5/c1-17(2)12-21-23(30-16-28-4,22(26)25(21)15-27-3)14-19-13-20(9-10-24-19)29-11-5-6-18-7-8-18/h9-10,13,17-18,21H,5-8,11-12,14-16H2,1-4H3/t21-,23?/m0/s1. The van der Waals surface area contributed by atoms with Crippen LogP contribution < -0.4 is 4.74 Å². The molecule has 0 spiro atoms. The van der Waals surface area contributed by atoms with Gasteiger partial charge in [0, 0.05) is 38.6 Å². The van der Waals surface area contributed by atoms with Crippen molar-refractivity contribution in [2.45, 2.75) is 64.0 Å². The molecule has 2 atom stereocenters. The number of pyridine rings is 1. The van der Waals surface area contributed by atoms with Crippen molar-refractivity contribution >= 4 is 5.91 Å². The molecule has 0 aromatic carbocycles. The second kappa shape index (κ2) is 10.6. The van der Waals surface area contributed by atoms with Gasteiger partial charge < -0.3 is 23.8 Å². The highest BCUT2D eigenvalue weighted by Crippen LogP contribution is 2.41. The molecule has 1 aliphatic heterocycles. The molecule has 1 aromatic heterocycles. The summed E-state index contributed by atoms with van der Waals surface area (Å²) >= 11 is 0. The lowest BCUT2D eigenvalue weighted by Crippen LogP contribution is -2.76. The molecular weight excluding hydrogens is 384 g/mol. The first-order chi connectivity index (χ1) is 14.5. The molecule has 1 amide bonds. The summed E-state index contributed by atoms with van der Waals surface area (Å²) in [5.74, 6) is 2.03. The van der Waals surface area contributed by atoms with Gasteiger partial charge in [-0.1, -0.05) is 26.7 Å². The molecule has 3 rings (SSSR count). The Hall–Kier alpha value is -1.70. The average Bonchev–Trinajstić information content (AvgIpc) is 3.56. The van der Waals surface area contributed by atoms with E-state index >= 15 is 0 Å². The number of methoxy groups -OCH3 is 2. The van der Waals surface area contributed by atoms with Crippen molar-refractivity contribution in [1.82, 2.24) is 9.88 Å². The maximum atomic E-state index is 13.1. The molecule has 0 bridgehead atoms. The number of rotatable bonds is 14. The van der Waals surface area contributed by atoms with Crippen LogP contribution >= 0.6 is 0 Å². The van der Waals surface area contributed by atoms with E-state index in [0.29, 0.717) is 18.9 Å². The Morgan fingerprint density at radius 2 is 2.07 bits per heavy atom. The molecule has 0 radical (unpaired) electrons. The summed E-state index contributed by atoms with van der Waals surface area (Å²) in [7, 11) is 3.16. The molecule has 1 saturated carbocycles. The zero-order valence-electron chi connectivity index (χ0n) is 18.8. The zero-order chi connectivity index (χ0) is 21.6. The number of carbonyl (C=O) groups excluding carboxylic acids is 1. The molecule has 2 heterocycles. The highest BCUT2D eigenvalue weighted by atomic mass is 16.7. The van der Waals surface area contributed by atoms with Gasteiger partial charge in [-0.15, -0.1) is 0 Å². The number of ether oxygens (including phenoxy) is 4. The zero-order valence-corrected chi connectivity index (χ0v) is 18.8. The van der Waals surface area contributed by atoms with Gasteiger partial charge in [0.25, 0.3) is 5.91 Å². The van der Waals surface area contributed by atoms with Gasteiger partial charge in [-0.2, -0.15) is 0 Å². The molecule has 7 heteroatoms. The van der Waals surface area contributed by atoms with Crippen LogP contribution in [0.2, 0.25) is 0 Å². The van der Waals surface area contributed by atoms with Gasteiger partial charge in [0.15, 0.2) is 5.60 Å². The van der Waals surface area contributed by atoms with Crippen molar-refractivity contribution in [3.8, 4) is 5.75 Å². The van der Waals surface area contributed by atoms with Crippen molar-refractivity contribution in [3.05, 3.63) is 24.0 Å². The molecule has 1 saturated heterocycles. The SMILES string of the molecule is COCOC1(Cc2cc(OCCCC3CC3)ccn2)C(=O)N(COC)[C@H]1CC(C)C. The van der Waals surface area contributed by atoms with E-state index in [0.717, 1.165) is 30.2 Å². The lowest BCUT2D eigenvalue weighted by atomic mass is 9.75. The number of likely N-dealkylation sites (tertiary alicyclic amines) is 1. The lowest BCUT2D eigenvalue weighted by Gasteiger charge is -2.55. The molecular formula is C23H36N2O5. The molecule has 2 fully saturated rings.